The Morgan fingerprint density at radius 1 is 1.00 bits per heavy atom. The topological polar surface area (TPSA) is 138 Å². The van der Waals surface area contributed by atoms with Gasteiger partial charge in [0.05, 0.1) is 0 Å². The number of rotatable bonds is 8. The number of carbonyl (C=O) groups is 4. The predicted molar refractivity (Wildman–Crippen MR) is 141 cm³/mol. The van der Waals surface area contributed by atoms with E-state index in [1.807, 2.05) is 20.8 Å². The molecular formula is C28H40N4O7. The van der Waals surface area contributed by atoms with Crippen LogP contribution in [0.4, 0.5) is 0 Å². The van der Waals surface area contributed by atoms with Crippen molar-refractivity contribution in [2.75, 3.05) is 33.0 Å². The summed E-state index contributed by atoms with van der Waals surface area (Å²) in [5, 5.41) is 12.0. The van der Waals surface area contributed by atoms with Crippen LogP contribution < -0.4 is 20.3 Å². The van der Waals surface area contributed by atoms with E-state index < -0.39 is 23.3 Å². The standard InChI is InChI=1S/C28H40N4O7/c1-28(2,3)24(29-25(34)20(16-23(33)30-37)14-18-6-4-5-7-18)27(36)32-12-10-31(11-13-32)26(35)19-8-9-21-22(15-19)39-17-38-21/h8-9,15,18,20,24,37H,4-7,10-14,16-17H2,1-3H3,(H,29,34)(H,30,33)/t20-,24-/m1/s1. The second-order valence-corrected chi connectivity index (χ2v) is 11.8. The fourth-order valence-corrected chi connectivity index (χ4v) is 5.63. The normalized spacial score (nSPS) is 19.0. The lowest BCUT2D eigenvalue weighted by atomic mass is 9.84. The molecule has 3 aliphatic rings. The van der Waals surface area contributed by atoms with Crippen molar-refractivity contribution in [1.82, 2.24) is 20.6 Å². The summed E-state index contributed by atoms with van der Waals surface area (Å²) in [4.78, 5) is 55.5. The highest BCUT2D eigenvalue weighted by molar-refractivity contribution is 5.95. The molecule has 4 amide bonds. The number of nitrogens with zero attached hydrogens (tertiary/aromatic N) is 2. The average Bonchev–Trinajstić information content (AvgIpc) is 3.61. The maximum atomic E-state index is 13.7. The molecule has 2 heterocycles. The first-order valence-electron chi connectivity index (χ1n) is 13.8. The highest BCUT2D eigenvalue weighted by Gasteiger charge is 2.39. The van der Waals surface area contributed by atoms with Crippen LogP contribution >= 0.6 is 0 Å². The van der Waals surface area contributed by atoms with Gasteiger partial charge in [-0.2, -0.15) is 0 Å². The van der Waals surface area contributed by atoms with Crippen LogP contribution in [-0.4, -0.2) is 77.6 Å². The van der Waals surface area contributed by atoms with Gasteiger partial charge in [-0.3, -0.25) is 24.4 Å². The minimum atomic E-state index is -0.802. The second kappa shape index (κ2) is 12.2. The van der Waals surface area contributed by atoms with Crippen molar-refractivity contribution in [3.05, 3.63) is 23.8 Å². The third kappa shape index (κ3) is 7.00. The van der Waals surface area contributed by atoms with E-state index in [2.05, 4.69) is 5.32 Å². The molecule has 1 aromatic rings. The summed E-state index contributed by atoms with van der Waals surface area (Å²) in [5.74, 6) is -0.443. The molecule has 1 saturated heterocycles. The third-order valence-corrected chi connectivity index (χ3v) is 7.92. The molecule has 3 N–H and O–H groups in total. The van der Waals surface area contributed by atoms with Gasteiger partial charge in [-0.25, -0.2) is 5.48 Å². The van der Waals surface area contributed by atoms with Crippen LogP contribution in [-0.2, 0) is 14.4 Å². The van der Waals surface area contributed by atoms with Gasteiger partial charge >= 0.3 is 0 Å². The van der Waals surface area contributed by atoms with Gasteiger partial charge in [-0.15, -0.1) is 0 Å². The Bertz CT molecular complexity index is 1070. The highest BCUT2D eigenvalue weighted by atomic mass is 16.7. The van der Waals surface area contributed by atoms with Crippen LogP contribution in [0.3, 0.4) is 0 Å². The maximum absolute atomic E-state index is 13.7. The predicted octanol–water partition coefficient (Wildman–Crippen LogP) is 2.32. The first-order chi connectivity index (χ1) is 18.6. The largest absolute Gasteiger partial charge is 0.454 e. The molecule has 0 unspecified atom stereocenters. The van der Waals surface area contributed by atoms with E-state index in [0.717, 1.165) is 25.7 Å². The zero-order chi connectivity index (χ0) is 28.2. The van der Waals surface area contributed by atoms with Crippen LogP contribution in [0, 0.1) is 17.3 Å². The van der Waals surface area contributed by atoms with E-state index in [1.165, 1.54) is 0 Å². The molecule has 2 fully saturated rings. The molecular weight excluding hydrogens is 504 g/mol. The summed E-state index contributed by atoms with van der Waals surface area (Å²) in [7, 11) is 0. The number of nitrogens with one attached hydrogen (secondary N) is 2. The van der Waals surface area contributed by atoms with Gasteiger partial charge in [0.2, 0.25) is 24.5 Å². The second-order valence-electron chi connectivity index (χ2n) is 11.8. The number of hydrogen-bond donors (Lipinski definition) is 3. The van der Waals surface area contributed by atoms with Crippen LogP contribution in [0.1, 0.15) is 69.7 Å². The lowest BCUT2D eigenvalue weighted by molar-refractivity contribution is -0.142. The fourth-order valence-electron chi connectivity index (χ4n) is 5.63. The molecule has 0 aromatic heterocycles. The lowest BCUT2D eigenvalue weighted by Gasteiger charge is -2.40. The minimum Gasteiger partial charge on any atom is -0.454 e. The number of fused-ring (bicyclic) bond motifs is 1. The van der Waals surface area contributed by atoms with Gasteiger partial charge in [0.25, 0.3) is 5.91 Å². The first kappa shape index (κ1) is 28.7. The van der Waals surface area contributed by atoms with Crippen molar-refractivity contribution in [3.63, 3.8) is 0 Å². The van der Waals surface area contributed by atoms with E-state index in [1.54, 1.807) is 33.5 Å². The van der Waals surface area contributed by atoms with Gasteiger partial charge in [-0.05, 0) is 36.0 Å². The van der Waals surface area contributed by atoms with E-state index in [-0.39, 0.29) is 30.9 Å². The molecule has 0 bridgehead atoms. The fraction of sp³-hybridized carbons (Fsp3) is 0.643. The zero-order valence-corrected chi connectivity index (χ0v) is 23.0. The van der Waals surface area contributed by atoms with Gasteiger partial charge in [-0.1, -0.05) is 46.5 Å². The summed E-state index contributed by atoms with van der Waals surface area (Å²) in [6, 6.07) is 4.30. The van der Waals surface area contributed by atoms with Crippen LogP contribution in [0.2, 0.25) is 0 Å². The smallest absolute Gasteiger partial charge is 0.254 e. The molecule has 4 rings (SSSR count). The van der Waals surface area contributed by atoms with Crippen molar-refractivity contribution in [2.45, 2.75) is 65.3 Å². The van der Waals surface area contributed by atoms with Crippen molar-refractivity contribution in [3.8, 4) is 11.5 Å². The molecule has 0 spiro atoms. The average molecular weight is 545 g/mol. The molecule has 0 radical (unpaired) electrons. The summed E-state index contributed by atoms with van der Waals surface area (Å²) in [6.45, 7) is 7.22. The van der Waals surface area contributed by atoms with Crippen molar-refractivity contribution < 1.29 is 33.9 Å². The van der Waals surface area contributed by atoms with Crippen molar-refractivity contribution >= 4 is 23.6 Å². The molecule has 1 saturated carbocycles. The number of hydroxylamine groups is 1. The number of amides is 4. The Kier molecular flexibility index (Phi) is 8.99. The van der Waals surface area contributed by atoms with Crippen molar-refractivity contribution in [1.29, 1.82) is 0 Å². The molecule has 1 aromatic carbocycles. The third-order valence-electron chi connectivity index (χ3n) is 7.92. The number of hydrogen-bond acceptors (Lipinski definition) is 7. The van der Waals surface area contributed by atoms with E-state index in [4.69, 9.17) is 14.7 Å². The van der Waals surface area contributed by atoms with Gasteiger partial charge in [0, 0.05) is 44.1 Å². The Morgan fingerprint density at radius 3 is 2.28 bits per heavy atom. The van der Waals surface area contributed by atoms with E-state index in [0.29, 0.717) is 55.6 Å². The first-order valence-corrected chi connectivity index (χ1v) is 13.8. The lowest BCUT2D eigenvalue weighted by Crippen LogP contribution is -2.59. The number of piperazine rings is 1. The van der Waals surface area contributed by atoms with Crippen LogP contribution in [0.25, 0.3) is 0 Å². The minimum absolute atomic E-state index is 0.134. The quantitative estimate of drug-likeness (QED) is 0.337. The van der Waals surface area contributed by atoms with Crippen LogP contribution in [0.5, 0.6) is 11.5 Å². The van der Waals surface area contributed by atoms with Gasteiger partial charge in [0.1, 0.15) is 6.04 Å². The molecule has 2 atom stereocenters. The van der Waals surface area contributed by atoms with E-state index in [9.17, 15) is 19.2 Å². The Morgan fingerprint density at radius 2 is 1.64 bits per heavy atom. The SMILES string of the molecule is CC(C)(C)[C@H](NC(=O)[C@@H](CC(=O)NO)CC1CCCC1)C(=O)N1CCN(C(=O)c2ccc3c(c2)OCO3)CC1. The van der Waals surface area contributed by atoms with Gasteiger partial charge < -0.3 is 24.6 Å². The maximum Gasteiger partial charge on any atom is 0.254 e. The van der Waals surface area contributed by atoms with Gasteiger partial charge in [0.15, 0.2) is 11.5 Å². The Labute approximate surface area is 229 Å². The molecule has 11 nitrogen and oxygen atoms in total. The Hall–Kier alpha value is -3.34. The summed E-state index contributed by atoms with van der Waals surface area (Å²) in [6.07, 6.45) is 4.66. The molecule has 39 heavy (non-hydrogen) atoms. The highest BCUT2D eigenvalue weighted by Crippen LogP contribution is 2.34. The number of carbonyl (C=O) groups excluding carboxylic acids is 4. The number of benzene rings is 1. The van der Waals surface area contributed by atoms with Crippen molar-refractivity contribution in [2.24, 2.45) is 17.3 Å². The molecule has 2 aliphatic heterocycles. The van der Waals surface area contributed by atoms with E-state index >= 15 is 0 Å². The summed E-state index contributed by atoms with van der Waals surface area (Å²) >= 11 is 0. The van der Waals surface area contributed by atoms with Crippen LogP contribution in [0.15, 0.2) is 18.2 Å². The molecule has 11 heteroatoms. The summed E-state index contributed by atoms with van der Waals surface area (Å²) in [5.41, 5.74) is 1.55. The Balaban J connectivity index is 1.38. The monoisotopic (exact) mass is 544 g/mol. The number of ether oxygens (including phenoxy) is 2. The zero-order valence-electron chi connectivity index (χ0n) is 23.0. The molecule has 1 aliphatic carbocycles. The molecule has 214 valence electrons. The summed E-state index contributed by atoms with van der Waals surface area (Å²) < 4.78 is 10.7.